The molecule has 20 aromatic rings. The van der Waals surface area contributed by atoms with Crippen molar-refractivity contribution < 1.29 is 0 Å². The zero-order valence-electron chi connectivity index (χ0n) is 66.1. The minimum atomic E-state index is -0.695. The summed E-state index contributed by atoms with van der Waals surface area (Å²) in [5.41, 5.74) is 36.6. The predicted molar refractivity (Wildman–Crippen MR) is 503 cm³/mol. The number of para-hydroxylation sites is 1. The molecule has 0 spiro atoms. The van der Waals surface area contributed by atoms with Crippen LogP contribution in [0.5, 0.6) is 0 Å². The van der Waals surface area contributed by atoms with E-state index in [1.807, 2.05) is 0 Å². The maximum absolute atomic E-state index is 2.49. The predicted octanol–water partition coefficient (Wildman–Crippen LogP) is 31.3. The lowest BCUT2D eigenvalue weighted by molar-refractivity contribution is 0.768. The van der Waals surface area contributed by atoms with Crippen molar-refractivity contribution in [3.63, 3.8) is 0 Å². The second-order valence-electron chi connectivity index (χ2n) is 31.8. The molecule has 0 bridgehead atoms. The summed E-state index contributed by atoms with van der Waals surface area (Å²) in [6.45, 7) is 0. The Morgan fingerprint density at radius 3 is 0.808 bits per heavy atom. The molecule has 0 saturated carbocycles. The monoisotopic (exact) mass is 1520 g/mol. The van der Waals surface area contributed by atoms with Gasteiger partial charge in [0, 0.05) is 33.9 Å². The Balaban J connectivity index is 0.597. The first-order chi connectivity index (χ1) is 59.5. The summed E-state index contributed by atoms with van der Waals surface area (Å²) < 4.78 is 0. The Morgan fingerprint density at radius 2 is 0.392 bits per heavy atom. The van der Waals surface area contributed by atoms with Gasteiger partial charge in [-0.1, -0.05) is 382 Å². The highest BCUT2D eigenvalue weighted by Gasteiger charge is 2.49. The molecular formula is C118H80N2. The van der Waals surface area contributed by atoms with Gasteiger partial charge in [-0.25, -0.2) is 0 Å². The fourth-order valence-corrected chi connectivity index (χ4v) is 19.6. The van der Waals surface area contributed by atoms with Crippen molar-refractivity contribution in [2.75, 3.05) is 9.80 Å². The zero-order chi connectivity index (χ0) is 79.5. The first-order valence-corrected chi connectivity index (χ1v) is 41.6. The molecule has 562 valence electrons. The van der Waals surface area contributed by atoms with Crippen LogP contribution in [0.15, 0.2) is 485 Å². The van der Waals surface area contributed by atoms with Crippen LogP contribution in [0.4, 0.5) is 34.1 Å². The smallest absolute Gasteiger partial charge is 0.0714 e. The van der Waals surface area contributed by atoms with E-state index in [1.54, 1.807) is 0 Å². The molecule has 0 saturated heterocycles. The van der Waals surface area contributed by atoms with Crippen LogP contribution in [-0.2, 0) is 10.8 Å². The SMILES string of the molecule is c1ccc(-c2cccc(-c3ccc(N(c4ccc(-c5cccc(-c6ccc7ccccc7c6)c5)cc4)c4cccc5c4-c4ccccc4C5(c4ccccc4)c4cccc(-c5ccc6cc(-c7cccc(-c8ccc(N(c9ccccc9)c9cccc%10c9-c9ccccc9C%10(c9ccccc9)c9ccccc9)cc8)c7)ccc6c5)c4)cc3)c2)cc1. The van der Waals surface area contributed by atoms with Crippen molar-refractivity contribution >= 4 is 55.7 Å². The van der Waals surface area contributed by atoms with Gasteiger partial charge in [-0.15, -0.1) is 0 Å². The minimum Gasteiger partial charge on any atom is -0.310 e. The highest BCUT2D eigenvalue weighted by molar-refractivity contribution is 6.01. The van der Waals surface area contributed by atoms with Crippen LogP contribution < -0.4 is 9.80 Å². The number of rotatable bonds is 17. The van der Waals surface area contributed by atoms with Gasteiger partial charge in [0.15, 0.2) is 0 Å². The van der Waals surface area contributed by atoms with E-state index >= 15 is 0 Å². The van der Waals surface area contributed by atoms with E-state index in [-0.39, 0.29) is 0 Å². The van der Waals surface area contributed by atoms with Gasteiger partial charge in [-0.05, 0) is 258 Å². The average Bonchev–Trinajstić information content (AvgIpc) is 1.54. The maximum atomic E-state index is 2.49. The van der Waals surface area contributed by atoms with Crippen LogP contribution >= 0.6 is 0 Å². The summed E-state index contributed by atoms with van der Waals surface area (Å²) in [6.07, 6.45) is 0. The van der Waals surface area contributed by atoms with Gasteiger partial charge in [-0.3, -0.25) is 0 Å². The molecule has 0 fully saturated rings. The van der Waals surface area contributed by atoms with E-state index in [2.05, 4.69) is 495 Å². The molecule has 1 unspecified atom stereocenters. The normalized spacial score (nSPS) is 13.4. The van der Waals surface area contributed by atoms with E-state index < -0.39 is 10.8 Å². The molecular weight excluding hydrogens is 1450 g/mol. The Bertz CT molecular complexity index is 7200. The minimum absolute atomic E-state index is 0.519. The van der Waals surface area contributed by atoms with Crippen LogP contribution in [0.1, 0.15) is 44.5 Å². The Labute approximate surface area is 701 Å². The molecule has 0 N–H and O–H groups in total. The van der Waals surface area contributed by atoms with Crippen LogP contribution in [0.25, 0.3) is 122 Å². The number of nitrogens with zero attached hydrogens (tertiary/aromatic N) is 2. The van der Waals surface area contributed by atoms with Crippen molar-refractivity contribution in [1.82, 2.24) is 0 Å². The third-order valence-electron chi connectivity index (χ3n) is 25.2. The van der Waals surface area contributed by atoms with E-state index in [0.29, 0.717) is 0 Å². The Hall–Kier alpha value is -15.5. The standard InChI is InChI=1S/C118H80N2/c1-6-28-81(29-7-1)87-32-22-33-88(74-87)83-64-70-105(71-65-83)120(106-72-66-85(67-73-106)89-34-23-36-91(75-89)94-57-56-82-30-16-17-31-86(82)77-94)114-55-27-53-112-116(114)108-49-19-21-51-110(108)118(112,101-43-12-4-13-44-101)102-45-25-38-93(80-102)96-59-61-97-78-95(58-60-98(97)79-96)92-37-24-35-90(76-92)84-62-68-104(69-63-84)119(103-46-14-5-15-47-103)113-54-26-52-111-115(113)107-48-18-20-50-109(107)117(111,99-39-8-2-9-40-99)100-41-10-3-11-42-100/h1-80H. The molecule has 1 atom stereocenters. The molecule has 0 amide bonds. The van der Waals surface area contributed by atoms with E-state index in [9.17, 15) is 0 Å². The van der Waals surface area contributed by atoms with Gasteiger partial charge >= 0.3 is 0 Å². The van der Waals surface area contributed by atoms with Crippen LogP contribution in [-0.4, -0.2) is 0 Å². The van der Waals surface area contributed by atoms with E-state index in [0.717, 1.165) is 67.5 Å². The molecule has 0 heterocycles. The molecule has 22 rings (SSSR count). The van der Waals surface area contributed by atoms with Crippen LogP contribution in [0.3, 0.4) is 0 Å². The lowest BCUT2D eigenvalue weighted by Gasteiger charge is -2.35. The summed E-state index contributed by atoms with van der Waals surface area (Å²) in [5.74, 6) is 0. The highest BCUT2D eigenvalue weighted by Crippen LogP contribution is 2.62. The third kappa shape index (κ3) is 12.2. The molecule has 2 nitrogen and oxygen atoms in total. The van der Waals surface area contributed by atoms with Gasteiger partial charge in [0.1, 0.15) is 0 Å². The first-order valence-electron chi connectivity index (χ1n) is 41.6. The summed E-state index contributed by atoms with van der Waals surface area (Å²) >= 11 is 0. The first kappa shape index (κ1) is 71.1. The van der Waals surface area contributed by atoms with Crippen molar-refractivity contribution in [2.45, 2.75) is 10.8 Å². The maximum Gasteiger partial charge on any atom is 0.0714 e. The molecule has 0 aliphatic heterocycles. The molecule has 2 aliphatic carbocycles. The molecule has 20 aromatic carbocycles. The summed E-state index contributed by atoms with van der Waals surface area (Å²) in [7, 11) is 0. The van der Waals surface area contributed by atoms with Gasteiger partial charge in [0.05, 0.1) is 22.2 Å². The van der Waals surface area contributed by atoms with E-state index in [1.165, 1.54) is 133 Å². The van der Waals surface area contributed by atoms with Crippen molar-refractivity contribution in [1.29, 1.82) is 0 Å². The van der Waals surface area contributed by atoms with Gasteiger partial charge in [-0.2, -0.15) is 0 Å². The molecule has 0 aromatic heterocycles. The van der Waals surface area contributed by atoms with Gasteiger partial charge in [0.25, 0.3) is 0 Å². The van der Waals surface area contributed by atoms with Gasteiger partial charge in [0.2, 0.25) is 0 Å². The van der Waals surface area contributed by atoms with Crippen molar-refractivity contribution in [3.8, 4) is 100 Å². The van der Waals surface area contributed by atoms with Gasteiger partial charge < -0.3 is 9.80 Å². The zero-order valence-corrected chi connectivity index (χ0v) is 66.1. The van der Waals surface area contributed by atoms with Crippen molar-refractivity contribution in [3.05, 3.63) is 530 Å². The number of anilines is 6. The summed E-state index contributed by atoms with van der Waals surface area (Å²) in [5, 5.41) is 4.85. The third-order valence-corrected chi connectivity index (χ3v) is 25.2. The number of hydrogen-bond donors (Lipinski definition) is 0. The second-order valence-corrected chi connectivity index (χ2v) is 31.8. The lowest BCUT2D eigenvalue weighted by atomic mass is 9.67. The Morgan fingerprint density at radius 1 is 0.142 bits per heavy atom. The largest absolute Gasteiger partial charge is 0.310 e. The molecule has 120 heavy (non-hydrogen) atoms. The average molecular weight is 1530 g/mol. The summed E-state index contributed by atoms with van der Waals surface area (Å²) in [4.78, 5) is 4.93. The Kier molecular flexibility index (Phi) is 17.8. The highest BCUT2D eigenvalue weighted by atomic mass is 15.2. The van der Waals surface area contributed by atoms with E-state index in [4.69, 9.17) is 0 Å². The van der Waals surface area contributed by atoms with Crippen LogP contribution in [0, 0.1) is 0 Å². The molecule has 2 heteroatoms. The number of benzene rings is 20. The molecule has 2 aliphatic rings. The molecule has 0 radical (unpaired) electrons. The fraction of sp³-hybridized carbons (Fsp3) is 0.0169. The topological polar surface area (TPSA) is 6.48 Å². The quantitative estimate of drug-likeness (QED) is 0.0896. The fourth-order valence-electron chi connectivity index (χ4n) is 19.6. The second kappa shape index (κ2) is 30.0. The van der Waals surface area contributed by atoms with Crippen molar-refractivity contribution in [2.24, 2.45) is 0 Å². The van der Waals surface area contributed by atoms with Crippen LogP contribution in [0.2, 0.25) is 0 Å². The summed E-state index contributed by atoms with van der Waals surface area (Å²) in [6, 6.07) is 180. The number of hydrogen-bond acceptors (Lipinski definition) is 2. The number of fused-ring (bicyclic) bond motifs is 8. The lowest BCUT2D eigenvalue weighted by Crippen LogP contribution is -2.28.